The minimum atomic E-state index is -0.228. The van der Waals surface area contributed by atoms with E-state index in [0.29, 0.717) is 26.7 Å². The van der Waals surface area contributed by atoms with Crippen molar-refractivity contribution in [1.29, 1.82) is 0 Å². The van der Waals surface area contributed by atoms with Crippen molar-refractivity contribution in [2.75, 3.05) is 5.32 Å². The molecule has 0 atom stereocenters. The van der Waals surface area contributed by atoms with Crippen LogP contribution in [-0.4, -0.2) is 45.8 Å². The molecular formula is C18H18ClN9OS2. The van der Waals surface area contributed by atoms with Crippen LogP contribution in [0.2, 0.25) is 0 Å². The summed E-state index contributed by atoms with van der Waals surface area (Å²) in [5.41, 5.74) is 1.48. The molecular weight excluding hydrogens is 458 g/mol. The highest BCUT2D eigenvalue weighted by Gasteiger charge is 2.16. The zero-order valence-corrected chi connectivity index (χ0v) is 19.0. The Kier molecular flexibility index (Phi) is 7.60. The largest absolute Gasteiger partial charge is 0.309 e. The van der Waals surface area contributed by atoms with Crippen LogP contribution >= 0.6 is 35.9 Å². The quantitative estimate of drug-likeness (QED) is 0.414. The molecule has 4 heterocycles. The van der Waals surface area contributed by atoms with Crippen LogP contribution < -0.4 is 5.32 Å². The molecule has 4 rings (SSSR count). The molecule has 0 spiro atoms. The van der Waals surface area contributed by atoms with Crippen LogP contribution in [0.25, 0.3) is 0 Å². The molecule has 0 bridgehead atoms. The van der Waals surface area contributed by atoms with Gasteiger partial charge >= 0.3 is 0 Å². The van der Waals surface area contributed by atoms with E-state index in [-0.39, 0.29) is 24.7 Å². The molecule has 13 heteroatoms. The van der Waals surface area contributed by atoms with Crippen molar-refractivity contribution in [3.8, 4) is 0 Å². The number of carbonyl (C=O) groups excluding carboxylic acids is 1. The van der Waals surface area contributed by atoms with E-state index in [0.717, 1.165) is 10.6 Å². The highest BCUT2D eigenvalue weighted by molar-refractivity contribution is 7.99. The Balaban J connectivity index is 0.00000272. The molecule has 160 valence electrons. The molecule has 0 aromatic carbocycles. The van der Waals surface area contributed by atoms with E-state index in [4.69, 9.17) is 0 Å². The third-order valence-corrected chi connectivity index (χ3v) is 5.59. The minimum Gasteiger partial charge on any atom is -0.309 e. The fourth-order valence-electron chi connectivity index (χ4n) is 2.44. The lowest BCUT2D eigenvalue weighted by molar-refractivity contribution is -0.115. The lowest BCUT2D eigenvalue weighted by Gasteiger charge is -2.09. The van der Waals surface area contributed by atoms with Gasteiger partial charge in [-0.15, -0.1) is 12.4 Å². The summed E-state index contributed by atoms with van der Waals surface area (Å²) in [6.45, 7) is 1.93. The third kappa shape index (κ3) is 6.26. The lowest BCUT2D eigenvalue weighted by atomic mass is 10.3. The number of aryl methyl sites for hydroxylation is 2. The number of aromatic nitrogens is 8. The van der Waals surface area contributed by atoms with Crippen molar-refractivity contribution < 1.29 is 4.79 Å². The van der Waals surface area contributed by atoms with Gasteiger partial charge in [0.15, 0.2) is 11.0 Å². The van der Waals surface area contributed by atoms with E-state index >= 15 is 0 Å². The number of hydrogen-bond donors (Lipinski definition) is 2. The summed E-state index contributed by atoms with van der Waals surface area (Å²) < 4.78 is 1.62. The van der Waals surface area contributed by atoms with Gasteiger partial charge in [0, 0.05) is 36.1 Å². The van der Waals surface area contributed by atoms with Crippen molar-refractivity contribution >= 4 is 47.7 Å². The van der Waals surface area contributed by atoms with Crippen molar-refractivity contribution in [1.82, 2.24) is 39.9 Å². The Morgan fingerprint density at radius 3 is 2.71 bits per heavy atom. The molecule has 0 aliphatic carbocycles. The standard InChI is InChI=1S/C18H17N9OS2.ClH/c1-11-3-4-12(8-19-11)29-17-13(7-15(28)24-14-5-6-27(2)26-14)23-16(9-20-17)30-18-21-10-22-25-18;/h3-6,8-10H,7H2,1-2H3,(H,21,22,25)(H,24,26,28);1H. The molecule has 10 nitrogen and oxygen atoms in total. The molecule has 4 aromatic heterocycles. The van der Waals surface area contributed by atoms with Gasteiger partial charge in [0.25, 0.3) is 0 Å². The number of nitrogens with zero attached hydrogens (tertiary/aromatic N) is 7. The van der Waals surface area contributed by atoms with Crippen LogP contribution in [0, 0.1) is 6.92 Å². The maximum atomic E-state index is 12.6. The van der Waals surface area contributed by atoms with Crippen LogP contribution in [0.15, 0.2) is 63.2 Å². The molecule has 0 radical (unpaired) electrons. The fraction of sp³-hybridized carbons (Fsp3) is 0.167. The summed E-state index contributed by atoms with van der Waals surface area (Å²) in [7, 11) is 1.79. The first-order valence-corrected chi connectivity index (χ1v) is 10.5. The summed E-state index contributed by atoms with van der Waals surface area (Å²) in [5, 5.41) is 15.4. The van der Waals surface area contributed by atoms with Crippen molar-refractivity contribution in [3.63, 3.8) is 0 Å². The van der Waals surface area contributed by atoms with E-state index in [1.807, 2.05) is 19.1 Å². The monoisotopic (exact) mass is 475 g/mol. The first-order chi connectivity index (χ1) is 14.5. The van der Waals surface area contributed by atoms with Crippen molar-refractivity contribution in [2.45, 2.75) is 33.4 Å². The third-order valence-electron chi connectivity index (χ3n) is 3.79. The van der Waals surface area contributed by atoms with E-state index < -0.39 is 0 Å². The summed E-state index contributed by atoms with van der Waals surface area (Å²) in [6, 6.07) is 5.62. The molecule has 0 aliphatic rings. The summed E-state index contributed by atoms with van der Waals surface area (Å²) in [5.74, 6) is 0.258. The Bertz CT molecular complexity index is 1150. The predicted molar refractivity (Wildman–Crippen MR) is 118 cm³/mol. The molecule has 1 amide bonds. The molecule has 0 saturated heterocycles. The van der Waals surface area contributed by atoms with Gasteiger partial charge in [-0.1, -0.05) is 11.8 Å². The SMILES string of the molecule is Cc1ccc(Sc2ncc(Sc3ncn[nH]3)nc2CC(=O)Nc2ccn(C)n2)cn1.Cl. The van der Waals surface area contributed by atoms with Crippen LogP contribution in [0.4, 0.5) is 5.82 Å². The zero-order chi connectivity index (χ0) is 20.9. The van der Waals surface area contributed by atoms with Gasteiger partial charge in [0.05, 0.1) is 18.3 Å². The van der Waals surface area contributed by atoms with Crippen LogP contribution in [-0.2, 0) is 18.3 Å². The van der Waals surface area contributed by atoms with Gasteiger partial charge in [0.2, 0.25) is 5.91 Å². The number of nitrogens with one attached hydrogen (secondary N) is 2. The number of hydrogen-bond acceptors (Lipinski definition) is 9. The number of carbonyl (C=O) groups is 1. The second-order valence-electron chi connectivity index (χ2n) is 6.19. The predicted octanol–water partition coefficient (Wildman–Crippen LogP) is 2.94. The number of amides is 1. The van der Waals surface area contributed by atoms with Crippen molar-refractivity contribution in [3.05, 3.63) is 54.5 Å². The molecule has 4 aromatic rings. The van der Waals surface area contributed by atoms with E-state index in [1.54, 1.807) is 36.4 Å². The van der Waals surface area contributed by atoms with Gasteiger partial charge in [-0.3, -0.25) is 19.6 Å². The summed E-state index contributed by atoms with van der Waals surface area (Å²) in [6.07, 6.45) is 6.66. The molecule has 31 heavy (non-hydrogen) atoms. The number of halogens is 1. The number of pyridine rings is 1. The normalized spacial score (nSPS) is 10.5. The average molecular weight is 476 g/mol. The van der Waals surface area contributed by atoms with E-state index in [1.165, 1.54) is 29.9 Å². The van der Waals surface area contributed by atoms with Gasteiger partial charge < -0.3 is 5.32 Å². The number of rotatable bonds is 7. The Hall–Kier alpha value is -2.96. The smallest absolute Gasteiger partial charge is 0.231 e. The fourth-order valence-corrected chi connectivity index (χ4v) is 3.90. The van der Waals surface area contributed by atoms with E-state index in [9.17, 15) is 4.79 Å². The number of anilines is 1. The first-order valence-electron chi connectivity index (χ1n) is 8.84. The molecule has 0 saturated carbocycles. The van der Waals surface area contributed by atoms with Crippen LogP contribution in [0.1, 0.15) is 11.4 Å². The zero-order valence-electron chi connectivity index (χ0n) is 16.5. The molecule has 2 N–H and O–H groups in total. The highest BCUT2D eigenvalue weighted by atomic mass is 35.5. The first kappa shape index (κ1) is 22.7. The Morgan fingerprint density at radius 1 is 1.16 bits per heavy atom. The minimum absolute atomic E-state index is 0. The molecule has 0 aliphatic heterocycles. The second kappa shape index (κ2) is 10.4. The van der Waals surface area contributed by atoms with Gasteiger partial charge in [-0.2, -0.15) is 10.2 Å². The highest BCUT2D eigenvalue weighted by Crippen LogP contribution is 2.30. The lowest BCUT2D eigenvalue weighted by Crippen LogP contribution is -2.17. The number of H-pyrrole nitrogens is 1. The molecule has 0 fully saturated rings. The van der Waals surface area contributed by atoms with Gasteiger partial charge in [-0.25, -0.2) is 15.0 Å². The number of aromatic amines is 1. The van der Waals surface area contributed by atoms with Crippen molar-refractivity contribution in [2.24, 2.45) is 7.05 Å². The maximum Gasteiger partial charge on any atom is 0.231 e. The van der Waals surface area contributed by atoms with Crippen LogP contribution in [0.3, 0.4) is 0 Å². The summed E-state index contributed by atoms with van der Waals surface area (Å²) >= 11 is 2.70. The maximum absolute atomic E-state index is 12.6. The Labute approximate surface area is 192 Å². The van der Waals surface area contributed by atoms with Gasteiger partial charge in [-0.05, 0) is 30.8 Å². The second-order valence-corrected chi connectivity index (χ2v) is 8.26. The van der Waals surface area contributed by atoms with Crippen LogP contribution in [0.5, 0.6) is 0 Å². The molecule has 0 unspecified atom stereocenters. The van der Waals surface area contributed by atoms with Gasteiger partial charge in [0.1, 0.15) is 16.4 Å². The van der Waals surface area contributed by atoms with E-state index in [2.05, 4.69) is 40.5 Å². The summed E-state index contributed by atoms with van der Waals surface area (Å²) in [4.78, 5) is 31.1. The topological polar surface area (TPSA) is 127 Å². The average Bonchev–Trinajstić information content (AvgIpc) is 3.37. The Morgan fingerprint density at radius 2 is 2.03 bits per heavy atom.